The van der Waals surface area contributed by atoms with Crippen LogP contribution in [0.5, 0.6) is 0 Å². The van der Waals surface area contributed by atoms with Crippen LogP contribution in [0.4, 0.5) is 0 Å². The Bertz CT molecular complexity index is 643. The van der Waals surface area contributed by atoms with Crippen LogP contribution < -0.4 is 5.32 Å². The van der Waals surface area contributed by atoms with E-state index in [4.69, 9.17) is 0 Å². The average Bonchev–Trinajstić information content (AvgIpc) is 2.55. The van der Waals surface area contributed by atoms with Gasteiger partial charge in [-0.1, -0.05) is 25.8 Å². The summed E-state index contributed by atoms with van der Waals surface area (Å²) < 4.78 is 27.2. The summed E-state index contributed by atoms with van der Waals surface area (Å²) in [5, 5.41) is 2.82. The van der Waals surface area contributed by atoms with Crippen molar-refractivity contribution in [1.29, 1.82) is 0 Å². The maximum Gasteiger partial charge on any atom is 0.251 e. The highest BCUT2D eigenvalue weighted by molar-refractivity contribution is 7.89. The topological polar surface area (TPSA) is 66.5 Å². The fourth-order valence-corrected chi connectivity index (χ4v) is 4.59. The Kier molecular flexibility index (Phi) is 6.18. The molecule has 5 nitrogen and oxygen atoms in total. The molecule has 1 heterocycles. The lowest BCUT2D eigenvalue weighted by molar-refractivity contribution is 0.0953. The van der Waals surface area contributed by atoms with Crippen molar-refractivity contribution in [2.45, 2.75) is 56.9 Å². The van der Waals surface area contributed by atoms with Gasteiger partial charge in [-0.2, -0.15) is 4.31 Å². The van der Waals surface area contributed by atoms with Crippen LogP contribution in [0.2, 0.25) is 0 Å². The Morgan fingerprint density at radius 2 is 2.13 bits per heavy atom. The minimum absolute atomic E-state index is 0.00999. The van der Waals surface area contributed by atoms with Crippen LogP contribution >= 0.6 is 0 Å². The van der Waals surface area contributed by atoms with Gasteiger partial charge < -0.3 is 5.32 Å². The molecule has 128 valence electrons. The number of nitrogens with one attached hydrogen (secondary N) is 1. The Morgan fingerprint density at radius 3 is 2.83 bits per heavy atom. The number of sulfonamides is 1. The molecule has 0 bridgehead atoms. The third kappa shape index (κ3) is 4.32. The molecule has 1 atom stereocenters. The quantitative estimate of drug-likeness (QED) is 0.811. The number of rotatable bonds is 6. The van der Waals surface area contributed by atoms with Gasteiger partial charge in [0.25, 0.3) is 5.91 Å². The normalized spacial score (nSPS) is 19.5. The molecule has 1 unspecified atom stereocenters. The molecule has 0 aliphatic carbocycles. The number of carbonyl (C=O) groups excluding carboxylic acids is 1. The van der Waals surface area contributed by atoms with Crippen molar-refractivity contribution >= 4 is 15.9 Å². The summed E-state index contributed by atoms with van der Waals surface area (Å²) in [6.45, 7) is 5.16. The molecule has 1 aromatic carbocycles. The highest BCUT2D eigenvalue weighted by atomic mass is 32.2. The molecule has 6 heteroatoms. The first kappa shape index (κ1) is 17.9. The molecule has 1 saturated heterocycles. The molecule has 0 saturated carbocycles. The largest absolute Gasteiger partial charge is 0.352 e. The van der Waals surface area contributed by atoms with Gasteiger partial charge in [0.1, 0.15) is 0 Å². The number of amides is 1. The van der Waals surface area contributed by atoms with E-state index in [1.807, 2.05) is 6.92 Å². The number of carbonyl (C=O) groups is 1. The number of unbranched alkanes of at least 4 members (excludes halogenated alkanes) is 1. The van der Waals surface area contributed by atoms with E-state index in [9.17, 15) is 13.2 Å². The first-order valence-corrected chi connectivity index (χ1v) is 9.81. The van der Waals surface area contributed by atoms with Crippen LogP contribution in [0.25, 0.3) is 0 Å². The molecule has 1 aliphatic heterocycles. The van der Waals surface area contributed by atoms with Crippen molar-refractivity contribution in [3.05, 3.63) is 29.8 Å². The zero-order valence-electron chi connectivity index (χ0n) is 13.9. The van der Waals surface area contributed by atoms with Crippen LogP contribution in [-0.2, 0) is 10.0 Å². The molecule has 0 radical (unpaired) electrons. The van der Waals surface area contributed by atoms with E-state index in [1.54, 1.807) is 22.5 Å². The Morgan fingerprint density at radius 1 is 1.35 bits per heavy atom. The van der Waals surface area contributed by atoms with Crippen molar-refractivity contribution in [3.63, 3.8) is 0 Å². The Hall–Kier alpha value is -1.40. The van der Waals surface area contributed by atoms with E-state index in [1.165, 1.54) is 6.07 Å². The van der Waals surface area contributed by atoms with Crippen LogP contribution in [0.1, 0.15) is 56.3 Å². The molecule has 1 aromatic rings. The molecule has 1 fully saturated rings. The maximum absolute atomic E-state index is 12.8. The van der Waals surface area contributed by atoms with Gasteiger partial charge in [-0.15, -0.1) is 0 Å². The number of hydrogen-bond donors (Lipinski definition) is 1. The lowest BCUT2D eigenvalue weighted by Crippen LogP contribution is -2.42. The fourth-order valence-electron chi connectivity index (χ4n) is 2.84. The first-order valence-electron chi connectivity index (χ1n) is 8.37. The summed E-state index contributed by atoms with van der Waals surface area (Å²) in [7, 11) is -3.54. The summed E-state index contributed by atoms with van der Waals surface area (Å²) in [5.41, 5.74) is 0.395. The summed E-state index contributed by atoms with van der Waals surface area (Å²) in [4.78, 5) is 12.3. The minimum atomic E-state index is -3.54. The second-order valence-electron chi connectivity index (χ2n) is 6.10. The molecule has 1 N–H and O–H groups in total. The van der Waals surface area contributed by atoms with Gasteiger partial charge >= 0.3 is 0 Å². The van der Waals surface area contributed by atoms with E-state index < -0.39 is 10.0 Å². The average molecular weight is 338 g/mol. The lowest BCUT2D eigenvalue weighted by atomic mass is 10.1. The lowest BCUT2D eigenvalue weighted by Gasteiger charge is -2.32. The molecule has 0 aromatic heterocycles. The molecule has 0 spiro atoms. The van der Waals surface area contributed by atoms with Gasteiger partial charge in [0.15, 0.2) is 0 Å². The van der Waals surface area contributed by atoms with Crippen LogP contribution in [0.3, 0.4) is 0 Å². The van der Waals surface area contributed by atoms with Gasteiger partial charge in [-0.3, -0.25) is 4.79 Å². The van der Waals surface area contributed by atoms with E-state index in [0.29, 0.717) is 18.7 Å². The molecular formula is C17H26N2O3S. The number of hydrogen-bond acceptors (Lipinski definition) is 3. The third-order valence-electron chi connectivity index (χ3n) is 4.26. The standard InChI is InChI=1S/C17H26N2O3S/c1-3-4-11-18-17(20)15-9-7-10-16(13-15)23(21,22)19-12-6-5-8-14(19)2/h7,9-10,13-14H,3-6,8,11-12H2,1-2H3,(H,18,20). The van der Waals surface area contributed by atoms with Crippen LogP contribution in [0, 0.1) is 0 Å². The van der Waals surface area contributed by atoms with E-state index in [-0.39, 0.29) is 16.8 Å². The van der Waals surface area contributed by atoms with Gasteiger partial charge in [-0.25, -0.2) is 8.42 Å². The number of benzene rings is 1. The Balaban J connectivity index is 2.19. The zero-order valence-corrected chi connectivity index (χ0v) is 14.7. The summed E-state index contributed by atoms with van der Waals surface area (Å²) in [6.07, 6.45) is 4.75. The molecule has 23 heavy (non-hydrogen) atoms. The summed E-state index contributed by atoms with van der Waals surface area (Å²) >= 11 is 0. The minimum Gasteiger partial charge on any atom is -0.352 e. The number of piperidine rings is 1. The van der Waals surface area contributed by atoms with E-state index in [2.05, 4.69) is 12.2 Å². The molecule has 1 aliphatic rings. The molecular weight excluding hydrogens is 312 g/mol. The van der Waals surface area contributed by atoms with Crippen molar-refractivity contribution < 1.29 is 13.2 Å². The van der Waals surface area contributed by atoms with Crippen molar-refractivity contribution in [2.24, 2.45) is 0 Å². The third-order valence-corrected chi connectivity index (χ3v) is 6.27. The Labute approximate surface area is 139 Å². The van der Waals surface area contributed by atoms with Crippen molar-refractivity contribution in [3.8, 4) is 0 Å². The smallest absolute Gasteiger partial charge is 0.251 e. The zero-order chi connectivity index (χ0) is 16.9. The van der Waals surface area contributed by atoms with Gasteiger partial charge in [0.05, 0.1) is 4.90 Å². The first-order chi connectivity index (χ1) is 11.0. The van der Waals surface area contributed by atoms with E-state index >= 15 is 0 Å². The van der Waals surface area contributed by atoms with Gasteiger partial charge in [0.2, 0.25) is 10.0 Å². The van der Waals surface area contributed by atoms with Gasteiger partial charge in [-0.05, 0) is 44.4 Å². The van der Waals surface area contributed by atoms with Crippen molar-refractivity contribution in [1.82, 2.24) is 9.62 Å². The predicted octanol–water partition coefficient (Wildman–Crippen LogP) is 2.78. The van der Waals surface area contributed by atoms with Crippen LogP contribution in [-0.4, -0.2) is 37.8 Å². The SMILES string of the molecule is CCCCNC(=O)c1cccc(S(=O)(=O)N2CCCCC2C)c1. The fraction of sp³-hybridized carbons (Fsp3) is 0.588. The molecule has 1 amide bonds. The monoisotopic (exact) mass is 338 g/mol. The van der Waals surface area contributed by atoms with E-state index in [0.717, 1.165) is 32.1 Å². The highest BCUT2D eigenvalue weighted by Crippen LogP contribution is 2.25. The molecule has 2 rings (SSSR count). The number of nitrogens with zero attached hydrogens (tertiary/aromatic N) is 1. The van der Waals surface area contributed by atoms with Gasteiger partial charge in [0, 0.05) is 24.7 Å². The van der Waals surface area contributed by atoms with Crippen molar-refractivity contribution in [2.75, 3.05) is 13.1 Å². The summed E-state index contributed by atoms with van der Waals surface area (Å²) in [6, 6.07) is 6.35. The highest BCUT2D eigenvalue weighted by Gasteiger charge is 2.31. The predicted molar refractivity (Wildman–Crippen MR) is 90.9 cm³/mol. The summed E-state index contributed by atoms with van der Waals surface area (Å²) in [5.74, 6) is -0.220. The second-order valence-corrected chi connectivity index (χ2v) is 7.99. The maximum atomic E-state index is 12.8. The van der Waals surface area contributed by atoms with Crippen LogP contribution in [0.15, 0.2) is 29.2 Å². The second kappa shape index (κ2) is 7.93.